The molecule has 2 aromatic rings. The lowest BCUT2D eigenvalue weighted by Gasteiger charge is -2.24. The van der Waals surface area contributed by atoms with Gasteiger partial charge in [-0.05, 0) is 24.6 Å². The number of rotatable bonds is 4. The van der Waals surface area contributed by atoms with Crippen molar-refractivity contribution >= 4 is 27.9 Å². The van der Waals surface area contributed by atoms with E-state index in [2.05, 4.69) is 9.50 Å². The Morgan fingerprint density at radius 3 is 2.71 bits per heavy atom. The first-order valence-corrected chi connectivity index (χ1v) is 7.95. The molecule has 1 aromatic carbocycles. The van der Waals surface area contributed by atoms with E-state index in [4.69, 9.17) is 5.73 Å². The van der Waals surface area contributed by atoms with Crippen molar-refractivity contribution in [2.24, 2.45) is 4.40 Å². The molecule has 0 atom stereocenters. The van der Waals surface area contributed by atoms with Gasteiger partial charge in [-0.25, -0.2) is 0 Å². The highest BCUT2D eigenvalue weighted by molar-refractivity contribution is 7.90. The molecule has 0 saturated carbocycles. The van der Waals surface area contributed by atoms with E-state index in [0.717, 1.165) is 6.42 Å². The lowest BCUT2D eigenvalue weighted by molar-refractivity contribution is 0.582. The Bertz CT molecular complexity index is 781. The summed E-state index contributed by atoms with van der Waals surface area (Å²) in [5.74, 6) is 0.492. The molecule has 2 N–H and O–H groups in total. The molecule has 1 aliphatic rings. The van der Waals surface area contributed by atoms with Crippen LogP contribution in [0, 0.1) is 0 Å². The van der Waals surface area contributed by atoms with Crippen LogP contribution in [0.2, 0.25) is 0 Å². The SMILES string of the molecule is Nc1ccn(CCCN2C=NS(=O)(=O)c3ccccc32)n1. The molecular weight excluding hydrogens is 290 g/mol. The van der Waals surface area contributed by atoms with Crippen molar-refractivity contribution in [1.29, 1.82) is 0 Å². The number of anilines is 2. The summed E-state index contributed by atoms with van der Waals surface area (Å²) < 4.78 is 29.1. The van der Waals surface area contributed by atoms with Crippen molar-refractivity contribution in [3.05, 3.63) is 36.5 Å². The van der Waals surface area contributed by atoms with Gasteiger partial charge in [0.2, 0.25) is 0 Å². The Kier molecular flexibility index (Phi) is 3.38. The highest BCUT2D eigenvalue weighted by Gasteiger charge is 2.24. The minimum absolute atomic E-state index is 0.246. The van der Waals surface area contributed by atoms with E-state index < -0.39 is 10.0 Å². The van der Waals surface area contributed by atoms with Crippen LogP contribution in [0.4, 0.5) is 11.5 Å². The number of nitrogens with zero attached hydrogens (tertiary/aromatic N) is 4. The van der Waals surface area contributed by atoms with Crippen LogP contribution in [0.25, 0.3) is 0 Å². The second-order valence-electron chi connectivity index (χ2n) is 4.71. The maximum atomic E-state index is 11.9. The molecule has 0 unspecified atom stereocenters. The average Bonchev–Trinajstić information content (AvgIpc) is 2.87. The summed E-state index contributed by atoms with van der Waals surface area (Å²) in [6, 6.07) is 8.60. The van der Waals surface area contributed by atoms with Gasteiger partial charge in [-0.1, -0.05) is 12.1 Å². The molecule has 0 bridgehead atoms. The molecule has 0 aliphatic carbocycles. The summed E-state index contributed by atoms with van der Waals surface area (Å²) in [7, 11) is -3.56. The maximum Gasteiger partial charge on any atom is 0.285 e. The van der Waals surface area contributed by atoms with Gasteiger partial charge in [0.15, 0.2) is 0 Å². The predicted octanol–water partition coefficient (Wildman–Crippen LogP) is 1.09. The van der Waals surface area contributed by atoms with Gasteiger partial charge >= 0.3 is 0 Å². The van der Waals surface area contributed by atoms with Gasteiger partial charge in [-0.2, -0.15) is 13.5 Å². The minimum atomic E-state index is -3.56. The van der Waals surface area contributed by atoms with Gasteiger partial charge in [0.25, 0.3) is 10.0 Å². The molecule has 110 valence electrons. The van der Waals surface area contributed by atoms with Gasteiger partial charge in [0, 0.05) is 19.3 Å². The van der Waals surface area contributed by atoms with Gasteiger partial charge in [0.05, 0.1) is 5.69 Å². The van der Waals surface area contributed by atoms with Crippen LogP contribution in [0.5, 0.6) is 0 Å². The summed E-state index contributed by atoms with van der Waals surface area (Å²) in [5.41, 5.74) is 6.22. The number of aryl methyl sites for hydroxylation is 1. The minimum Gasteiger partial charge on any atom is -0.382 e. The quantitative estimate of drug-likeness (QED) is 0.912. The number of para-hydroxylation sites is 1. The second kappa shape index (κ2) is 5.21. The molecule has 0 amide bonds. The molecule has 1 aromatic heterocycles. The summed E-state index contributed by atoms with van der Waals surface area (Å²) in [4.78, 5) is 2.08. The van der Waals surface area contributed by atoms with E-state index in [1.165, 1.54) is 6.34 Å². The zero-order chi connectivity index (χ0) is 14.9. The third-order valence-corrected chi connectivity index (χ3v) is 4.50. The van der Waals surface area contributed by atoms with Gasteiger partial charge in [-0.15, -0.1) is 4.40 Å². The first kappa shape index (κ1) is 13.6. The highest BCUT2D eigenvalue weighted by atomic mass is 32.2. The molecule has 21 heavy (non-hydrogen) atoms. The summed E-state index contributed by atoms with van der Waals surface area (Å²) >= 11 is 0. The molecule has 7 nitrogen and oxygen atoms in total. The fraction of sp³-hybridized carbons (Fsp3) is 0.231. The topological polar surface area (TPSA) is 93.6 Å². The standard InChI is InChI=1S/C13H15N5O2S/c14-13-6-9-18(16-13)8-3-7-17-10-15-21(19,20)12-5-2-1-4-11(12)17/h1-2,4-6,9-10H,3,7-8H2,(H2,14,16). The molecule has 0 radical (unpaired) electrons. The molecule has 0 fully saturated rings. The number of hydrogen-bond donors (Lipinski definition) is 1. The van der Waals surface area contributed by atoms with E-state index in [1.54, 1.807) is 28.9 Å². The fourth-order valence-electron chi connectivity index (χ4n) is 2.23. The molecule has 0 spiro atoms. The molecular formula is C13H15N5O2S. The molecule has 1 aliphatic heterocycles. The zero-order valence-corrected chi connectivity index (χ0v) is 12.1. The van der Waals surface area contributed by atoms with Crippen LogP contribution in [-0.2, 0) is 16.6 Å². The second-order valence-corrected chi connectivity index (χ2v) is 6.32. The summed E-state index contributed by atoms with van der Waals surface area (Å²) in [6.07, 6.45) is 3.98. The average molecular weight is 305 g/mol. The third-order valence-electron chi connectivity index (χ3n) is 3.23. The number of hydrogen-bond acceptors (Lipinski definition) is 5. The van der Waals surface area contributed by atoms with Crippen molar-refractivity contribution in [2.45, 2.75) is 17.9 Å². The van der Waals surface area contributed by atoms with Crippen LogP contribution in [0.1, 0.15) is 6.42 Å². The smallest absolute Gasteiger partial charge is 0.285 e. The highest BCUT2D eigenvalue weighted by Crippen LogP contribution is 2.29. The van der Waals surface area contributed by atoms with E-state index in [1.807, 2.05) is 17.2 Å². The van der Waals surface area contributed by atoms with Crippen molar-refractivity contribution in [1.82, 2.24) is 9.78 Å². The van der Waals surface area contributed by atoms with Crippen LogP contribution in [-0.4, -0.2) is 31.1 Å². The summed E-state index contributed by atoms with van der Waals surface area (Å²) in [5, 5.41) is 4.11. The lowest BCUT2D eigenvalue weighted by atomic mass is 10.3. The van der Waals surface area contributed by atoms with E-state index >= 15 is 0 Å². The Morgan fingerprint density at radius 1 is 1.14 bits per heavy atom. The van der Waals surface area contributed by atoms with E-state index in [9.17, 15) is 8.42 Å². The monoisotopic (exact) mass is 305 g/mol. The molecule has 3 rings (SSSR count). The van der Waals surface area contributed by atoms with E-state index in [-0.39, 0.29) is 4.90 Å². The summed E-state index contributed by atoms with van der Waals surface area (Å²) in [6.45, 7) is 1.35. The van der Waals surface area contributed by atoms with Crippen LogP contribution in [0.3, 0.4) is 0 Å². The van der Waals surface area contributed by atoms with Gasteiger partial charge in [0.1, 0.15) is 17.1 Å². The number of fused-ring (bicyclic) bond motifs is 1. The van der Waals surface area contributed by atoms with Crippen molar-refractivity contribution < 1.29 is 8.42 Å². The van der Waals surface area contributed by atoms with Gasteiger partial charge in [-0.3, -0.25) is 4.68 Å². The largest absolute Gasteiger partial charge is 0.382 e. The van der Waals surface area contributed by atoms with Crippen LogP contribution < -0.4 is 10.6 Å². The zero-order valence-electron chi connectivity index (χ0n) is 11.3. The lowest BCUT2D eigenvalue weighted by Crippen LogP contribution is -2.28. The fourth-order valence-corrected chi connectivity index (χ4v) is 3.29. The number of benzene rings is 1. The van der Waals surface area contributed by atoms with Crippen LogP contribution in [0.15, 0.2) is 45.8 Å². The molecule has 8 heteroatoms. The maximum absolute atomic E-state index is 11.9. The van der Waals surface area contributed by atoms with Crippen molar-refractivity contribution in [3.8, 4) is 0 Å². The Labute approximate surface area is 122 Å². The van der Waals surface area contributed by atoms with E-state index in [0.29, 0.717) is 24.6 Å². The van der Waals surface area contributed by atoms with Crippen molar-refractivity contribution in [2.75, 3.05) is 17.2 Å². The number of nitrogen functional groups attached to an aromatic ring is 1. The number of aromatic nitrogens is 2. The molecule has 0 saturated heterocycles. The molecule has 2 heterocycles. The Morgan fingerprint density at radius 2 is 1.95 bits per heavy atom. The predicted molar refractivity (Wildman–Crippen MR) is 80.7 cm³/mol. The Hall–Kier alpha value is -2.35. The normalized spacial score (nSPS) is 15.9. The van der Waals surface area contributed by atoms with Crippen LogP contribution >= 0.6 is 0 Å². The van der Waals surface area contributed by atoms with Gasteiger partial charge < -0.3 is 10.6 Å². The number of sulfonamides is 1. The number of nitrogens with two attached hydrogens (primary N) is 1. The van der Waals surface area contributed by atoms with Crippen molar-refractivity contribution in [3.63, 3.8) is 0 Å². The first-order valence-electron chi connectivity index (χ1n) is 6.51. The Balaban J connectivity index is 1.72. The third kappa shape index (κ3) is 2.75. The first-order chi connectivity index (χ1) is 10.1.